The Kier molecular flexibility index (Phi) is 11.4. The average Bonchev–Trinajstić information content (AvgIpc) is 3.34. The third-order valence-electron chi connectivity index (χ3n) is 7.93. The molecule has 44 heavy (non-hydrogen) atoms. The normalized spacial score (nSPS) is 17.5. The Balaban J connectivity index is 1.57. The summed E-state index contributed by atoms with van der Waals surface area (Å²) in [6.07, 6.45) is -2.03. The highest BCUT2D eigenvalue weighted by atomic mass is 28.4. The molecule has 1 aliphatic rings. The Morgan fingerprint density at radius 2 is 1.48 bits per heavy atom. The lowest BCUT2D eigenvalue weighted by Crippen LogP contribution is -2.45. The molecule has 0 aromatic heterocycles. The number of rotatable bonds is 12. The number of likely N-dealkylation sites (tertiary alicyclic amines) is 1. The van der Waals surface area contributed by atoms with Crippen LogP contribution in [0.3, 0.4) is 0 Å². The van der Waals surface area contributed by atoms with Crippen LogP contribution in [0, 0.1) is 20.2 Å². The van der Waals surface area contributed by atoms with Gasteiger partial charge in [-0.2, -0.15) is 0 Å². The molecule has 0 radical (unpaired) electrons. The third-order valence-corrected chi connectivity index (χ3v) is 12.5. The zero-order chi connectivity index (χ0) is 32.7. The van der Waals surface area contributed by atoms with Gasteiger partial charge >= 0.3 is 12.2 Å². The Labute approximate surface area is 256 Å². The molecule has 0 bridgehead atoms. The third kappa shape index (κ3) is 9.72. The van der Waals surface area contributed by atoms with E-state index < -0.39 is 42.5 Å². The molecule has 1 heterocycles. The Bertz CT molecular complexity index is 1310. The lowest BCUT2D eigenvalue weighted by molar-refractivity contribution is -0.385. The number of hydrogen-bond donors (Lipinski definition) is 2. The molecule has 0 spiro atoms. The predicted octanol–water partition coefficient (Wildman–Crippen LogP) is 5.28. The van der Waals surface area contributed by atoms with E-state index in [-0.39, 0.29) is 55.2 Å². The second kappa shape index (κ2) is 14.6. The minimum absolute atomic E-state index is 0.0510. The molecule has 2 N–H and O–H groups in total. The Hall–Kier alpha value is -4.08. The zero-order valence-electron chi connectivity index (χ0n) is 25.6. The van der Waals surface area contributed by atoms with Gasteiger partial charge in [0.2, 0.25) is 0 Å². The van der Waals surface area contributed by atoms with E-state index in [1.54, 1.807) is 0 Å². The van der Waals surface area contributed by atoms with Crippen LogP contribution in [0.2, 0.25) is 18.1 Å². The quantitative estimate of drug-likeness (QED) is 0.177. The van der Waals surface area contributed by atoms with E-state index >= 15 is 0 Å². The number of benzene rings is 2. The van der Waals surface area contributed by atoms with E-state index in [9.17, 15) is 34.9 Å². The van der Waals surface area contributed by atoms with Crippen LogP contribution in [0.25, 0.3) is 0 Å². The van der Waals surface area contributed by atoms with Crippen molar-refractivity contribution < 1.29 is 38.4 Å². The summed E-state index contributed by atoms with van der Waals surface area (Å²) in [5, 5.41) is 34.9. The summed E-state index contributed by atoms with van der Waals surface area (Å²) < 4.78 is 17.2. The van der Waals surface area contributed by atoms with Crippen molar-refractivity contribution in [1.29, 1.82) is 0 Å². The molecule has 2 aromatic rings. The van der Waals surface area contributed by atoms with E-state index in [1.807, 2.05) is 0 Å². The molecule has 2 amide bonds. The van der Waals surface area contributed by atoms with E-state index in [4.69, 9.17) is 13.9 Å². The van der Waals surface area contributed by atoms with Gasteiger partial charge < -0.3 is 29.2 Å². The number of amides is 2. The van der Waals surface area contributed by atoms with Crippen LogP contribution in [0.15, 0.2) is 48.5 Å². The van der Waals surface area contributed by atoms with Crippen LogP contribution in [-0.4, -0.2) is 71.7 Å². The number of non-ortho nitro benzene ring substituents is 2. The van der Waals surface area contributed by atoms with Crippen LogP contribution in [-0.2, 0) is 27.1 Å². The molecule has 14 nitrogen and oxygen atoms in total. The molecule has 1 aliphatic heterocycles. The standard InChI is InChI=1S/C29H40N4O10Si/c1-29(2,3)44(4,5)43-26-15-24(31(17-26)28(36)42-19-21-8-12-23(13-9-21)33(39)40)14-25(34)16-30-27(35)41-18-20-6-10-22(11-7-20)32(37)38/h6-13,24-26,34H,14-19H2,1-5H3,(H,30,35)/t24-,25-,26-/m1/s1. The number of carbonyl (C=O) groups excluding carboxylic acids is 2. The number of nitrogens with one attached hydrogen (secondary N) is 1. The van der Waals surface area contributed by atoms with Crippen LogP contribution in [0.1, 0.15) is 44.7 Å². The van der Waals surface area contributed by atoms with Crippen molar-refractivity contribution in [1.82, 2.24) is 10.2 Å². The first-order valence-corrected chi connectivity index (χ1v) is 17.1. The fourth-order valence-corrected chi connectivity index (χ4v) is 5.81. The van der Waals surface area contributed by atoms with Gasteiger partial charge in [-0.1, -0.05) is 20.8 Å². The van der Waals surface area contributed by atoms with E-state index in [2.05, 4.69) is 39.2 Å². The zero-order valence-corrected chi connectivity index (χ0v) is 26.6. The summed E-state index contributed by atoms with van der Waals surface area (Å²) >= 11 is 0. The number of nitro benzene ring substituents is 2. The number of aliphatic hydroxyl groups is 1. The molecular formula is C29H40N4O10Si. The van der Waals surface area contributed by atoms with Crippen LogP contribution >= 0.6 is 0 Å². The number of nitrogens with zero attached hydrogens (tertiary/aromatic N) is 3. The van der Waals surface area contributed by atoms with Gasteiger partial charge in [0, 0.05) is 43.4 Å². The second-order valence-electron chi connectivity index (χ2n) is 12.3. The average molecular weight is 633 g/mol. The van der Waals surface area contributed by atoms with Gasteiger partial charge in [-0.05, 0) is 66.4 Å². The molecule has 1 fully saturated rings. The molecule has 0 aliphatic carbocycles. The number of carbonyl (C=O) groups is 2. The van der Waals surface area contributed by atoms with Crippen molar-refractivity contribution in [2.45, 2.75) is 83.2 Å². The van der Waals surface area contributed by atoms with Crippen LogP contribution in [0.4, 0.5) is 21.0 Å². The largest absolute Gasteiger partial charge is 0.445 e. The highest BCUT2D eigenvalue weighted by Gasteiger charge is 2.44. The molecule has 240 valence electrons. The number of hydrogen-bond acceptors (Lipinski definition) is 10. The van der Waals surface area contributed by atoms with Gasteiger partial charge in [0.15, 0.2) is 8.32 Å². The second-order valence-corrected chi connectivity index (χ2v) is 17.0. The van der Waals surface area contributed by atoms with Crippen molar-refractivity contribution >= 4 is 31.9 Å². The van der Waals surface area contributed by atoms with Gasteiger partial charge in [0.05, 0.1) is 22.1 Å². The maximum Gasteiger partial charge on any atom is 0.410 e. The topological polar surface area (TPSA) is 184 Å². The first-order chi connectivity index (χ1) is 20.6. The lowest BCUT2D eigenvalue weighted by atomic mass is 10.1. The van der Waals surface area contributed by atoms with Crippen molar-refractivity contribution in [3.05, 3.63) is 79.9 Å². The molecule has 0 unspecified atom stereocenters. The fraction of sp³-hybridized carbons (Fsp3) is 0.517. The monoisotopic (exact) mass is 632 g/mol. The van der Waals surface area contributed by atoms with Gasteiger partial charge in [-0.25, -0.2) is 9.59 Å². The molecule has 3 rings (SSSR count). The van der Waals surface area contributed by atoms with Gasteiger partial charge in [-0.15, -0.1) is 0 Å². The SMILES string of the molecule is CC(C)(C)[Si](C)(C)O[C@@H]1C[C@@H](C[C@@H](O)CNC(=O)OCc2ccc([N+](=O)[O-])cc2)N(C(=O)OCc2ccc([N+](=O)[O-])cc2)C1. The minimum Gasteiger partial charge on any atom is -0.445 e. The van der Waals surface area contributed by atoms with E-state index in [0.29, 0.717) is 17.5 Å². The number of aliphatic hydroxyl groups excluding tert-OH is 1. The molecule has 1 saturated heterocycles. The lowest BCUT2D eigenvalue weighted by Gasteiger charge is -2.38. The summed E-state index contributed by atoms with van der Waals surface area (Å²) in [6.45, 7) is 10.6. The van der Waals surface area contributed by atoms with Crippen molar-refractivity contribution in [3.63, 3.8) is 0 Å². The highest BCUT2D eigenvalue weighted by Crippen LogP contribution is 2.39. The maximum atomic E-state index is 13.2. The van der Waals surface area contributed by atoms with Crippen LogP contribution in [0.5, 0.6) is 0 Å². The van der Waals surface area contributed by atoms with E-state index in [0.717, 1.165) is 0 Å². The molecule has 3 atom stereocenters. The van der Waals surface area contributed by atoms with Gasteiger partial charge in [0.25, 0.3) is 11.4 Å². The smallest absolute Gasteiger partial charge is 0.410 e. The van der Waals surface area contributed by atoms with Gasteiger partial charge in [-0.3, -0.25) is 20.2 Å². The van der Waals surface area contributed by atoms with E-state index in [1.165, 1.54) is 53.4 Å². The first-order valence-electron chi connectivity index (χ1n) is 14.2. The fourth-order valence-electron chi connectivity index (χ4n) is 4.45. The number of nitro groups is 2. The number of alkyl carbamates (subject to hydrolysis) is 1. The van der Waals surface area contributed by atoms with Crippen molar-refractivity contribution in [2.75, 3.05) is 13.1 Å². The van der Waals surface area contributed by atoms with Crippen molar-refractivity contribution in [3.8, 4) is 0 Å². The van der Waals surface area contributed by atoms with Gasteiger partial charge in [0.1, 0.15) is 13.2 Å². The molecular weight excluding hydrogens is 592 g/mol. The molecule has 0 saturated carbocycles. The molecule has 2 aromatic carbocycles. The Morgan fingerprint density at radius 1 is 0.977 bits per heavy atom. The summed E-state index contributed by atoms with van der Waals surface area (Å²) in [5.41, 5.74) is 1.01. The predicted molar refractivity (Wildman–Crippen MR) is 162 cm³/mol. The first kappa shape index (κ1) is 34.4. The maximum absolute atomic E-state index is 13.2. The van der Waals surface area contributed by atoms with Crippen LogP contribution < -0.4 is 5.32 Å². The number of ether oxygens (including phenoxy) is 2. The summed E-state index contributed by atoms with van der Waals surface area (Å²) in [4.78, 5) is 47.6. The highest BCUT2D eigenvalue weighted by molar-refractivity contribution is 6.74. The van der Waals surface area contributed by atoms with Crippen molar-refractivity contribution in [2.24, 2.45) is 0 Å². The summed E-state index contributed by atoms with van der Waals surface area (Å²) in [7, 11) is -2.17. The minimum atomic E-state index is -2.17. The molecule has 15 heteroatoms. The summed E-state index contributed by atoms with van der Waals surface area (Å²) in [5.74, 6) is 0. The summed E-state index contributed by atoms with van der Waals surface area (Å²) in [6, 6.07) is 10.9. The Morgan fingerprint density at radius 3 is 1.95 bits per heavy atom.